The number of carbonyl (C=O) groups is 1. The van der Waals surface area contributed by atoms with Gasteiger partial charge >= 0.3 is 6.09 Å². The Morgan fingerprint density at radius 1 is 1.42 bits per heavy atom. The fourth-order valence-corrected chi connectivity index (χ4v) is 2.18. The van der Waals surface area contributed by atoms with Crippen molar-refractivity contribution in [3.05, 3.63) is 0 Å². The minimum atomic E-state index is -0.146. The standard InChI is InChI=1S/C9H15NO2/c1-10-6-8(12-9(10)11)7-4-2-3-5-7/h7-8H,2-6H2,1H3. The molecular weight excluding hydrogens is 154 g/mol. The van der Waals surface area contributed by atoms with Crippen molar-refractivity contribution in [3.8, 4) is 0 Å². The second-order valence-corrected chi connectivity index (χ2v) is 3.85. The number of carbonyl (C=O) groups excluding carboxylic acids is 1. The van der Waals surface area contributed by atoms with Crippen molar-refractivity contribution in [2.24, 2.45) is 5.92 Å². The van der Waals surface area contributed by atoms with E-state index in [1.165, 1.54) is 25.7 Å². The van der Waals surface area contributed by atoms with E-state index in [0.29, 0.717) is 5.92 Å². The third kappa shape index (κ3) is 1.28. The van der Waals surface area contributed by atoms with Crippen LogP contribution in [0.5, 0.6) is 0 Å². The summed E-state index contributed by atoms with van der Waals surface area (Å²) in [5.41, 5.74) is 0. The van der Waals surface area contributed by atoms with E-state index in [9.17, 15) is 4.79 Å². The SMILES string of the molecule is CN1CC(C2CCCC2)OC1=O. The molecule has 12 heavy (non-hydrogen) atoms. The van der Waals surface area contributed by atoms with E-state index in [4.69, 9.17) is 4.74 Å². The van der Waals surface area contributed by atoms with Gasteiger partial charge in [0.05, 0.1) is 6.54 Å². The molecule has 1 heterocycles. The summed E-state index contributed by atoms with van der Waals surface area (Å²) in [5.74, 6) is 0.638. The molecule has 0 radical (unpaired) electrons. The normalized spacial score (nSPS) is 31.2. The van der Waals surface area contributed by atoms with Crippen LogP contribution in [0.3, 0.4) is 0 Å². The van der Waals surface area contributed by atoms with Crippen molar-refractivity contribution in [1.29, 1.82) is 0 Å². The van der Waals surface area contributed by atoms with Crippen molar-refractivity contribution in [1.82, 2.24) is 4.90 Å². The first-order chi connectivity index (χ1) is 5.77. The van der Waals surface area contributed by atoms with Crippen molar-refractivity contribution in [3.63, 3.8) is 0 Å². The molecule has 1 atom stereocenters. The van der Waals surface area contributed by atoms with Gasteiger partial charge in [-0.25, -0.2) is 4.79 Å². The minimum absolute atomic E-state index is 0.146. The molecule has 0 bridgehead atoms. The van der Waals surface area contributed by atoms with Crippen molar-refractivity contribution in [2.75, 3.05) is 13.6 Å². The van der Waals surface area contributed by atoms with Crippen LogP contribution in [0.15, 0.2) is 0 Å². The van der Waals surface area contributed by atoms with Crippen LogP contribution >= 0.6 is 0 Å². The highest BCUT2D eigenvalue weighted by atomic mass is 16.6. The van der Waals surface area contributed by atoms with Gasteiger partial charge in [0.2, 0.25) is 0 Å². The molecule has 3 nitrogen and oxygen atoms in total. The Hall–Kier alpha value is -0.730. The van der Waals surface area contributed by atoms with Gasteiger partial charge in [0.25, 0.3) is 0 Å². The second kappa shape index (κ2) is 2.96. The fourth-order valence-electron chi connectivity index (χ4n) is 2.18. The van der Waals surface area contributed by atoms with Crippen LogP contribution in [0.2, 0.25) is 0 Å². The van der Waals surface area contributed by atoms with Gasteiger partial charge in [-0.2, -0.15) is 0 Å². The van der Waals surface area contributed by atoms with Gasteiger partial charge in [-0.3, -0.25) is 0 Å². The maximum absolute atomic E-state index is 11.0. The molecular formula is C9H15NO2. The topological polar surface area (TPSA) is 29.5 Å². The molecule has 0 N–H and O–H groups in total. The summed E-state index contributed by atoms with van der Waals surface area (Å²) in [6.45, 7) is 0.795. The molecule has 1 saturated carbocycles. The van der Waals surface area contributed by atoms with E-state index in [1.807, 2.05) is 0 Å². The molecule has 2 rings (SSSR count). The van der Waals surface area contributed by atoms with Crippen LogP contribution in [0.1, 0.15) is 25.7 Å². The highest BCUT2D eigenvalue weighted by Crippen LogP contribution is 2.31. The molecule has 68 valence electrons. The van der Waals surface area contributed by atoms with E-state index in [1.54, 1.807) is 11.9 Å². The first kappa shape index (κ1) is 7.90. The maximum Gasteiger partial charge on any atom is 0.409 e. The maximum atomic E-state index is 11.0. The summed E-state index contributed by atoms with van der Waals surface area (Å²) in [6.07, 6.45) is 5.14. The van der Waals surface area contributed by atoms with Crippen LogP contribution in [-0.2, 0) is 4.74 Å². The summed E-state index contributed by atoms with van der Waals surface area (Å²) in [5, 5.41) is 0. The van der Waals surface area contributed by atoms with E-state index < -0.39 is 0 Å². The molecule has 2 aliphatic rings. The molecule has 2 fully saturated rings. The molecule has 0 spiro atoms. The Morgan fingerprint density at radius 3 is 2.58 bits per heavy atom. The van der Waals surface area contributed by atoms with Crippen molar-refractivity contribution >= 4 is 6.09 Å². The lowest BCUT2D eigenvalue weighted by molar-refractivity contribution is 0.105. The zero-order chi connectivity index (χ0) is 8.55. The Morgan fingerprint density at radius 2 is 2.08 bits per heavy atom. The first-order valence-corrected chi connectivity index (χ1v) is 4.69. The van der Waals surface area contributed by atoms with Crippen LogP contribution in [0.4, 0.5) is 4.79 Å². The lowest BCUT2D eigenvalue weighted by Crippen LogP contribution is -2.23. The Balaban J connectivity index is 1.93. The molecule has 1 aliphatic carbocycles. The zero-order valence-electron chi connectivity index (χ0n) is 7.45. The number of ether oxygens (including phenoxy) is 1. The fraction of sp³-hybridized carbons (Fsp3) is 0.889. The first-order valence-electron chi connectivity index (χ1n) is 4.69. The number of hydrogen-bond acceptors (Lipinski definition) is 2. The molecule has 0 aromatic carbocycles. The van der Waals surface area contributed by atoms with Gasteiger partial charge in [0, 0.05) is 7.05 Å². The van der Waals surface area contributed by atoms with Crippen molar-refractivity contribution in [2.45, 2.75) is 31.8 Å². The lowest BCUT2D eigenvalue weighted by Gasteiger charge is -2.14. The number of cyclic esters (lactones) is 1. The molecule has 1 aliphatic heterocycles. The zero-order valence-corrected chi connectivity index (χ0v) is 7.45. The third-order valence-electron chi connectivity index (χ3n) is 2.94. The molecule has 0 aromatic rings. The van der Waals surface area contributed by atoms with Crippen LogP contribution in [0, 0.1) is 5.92 Å². The summed E-state index contributed by atoms with van der Waals surface area (Å²) in [7, 11) is 1.80. The molecule has 1 saturated heterocycles. The van der Waals surface area contributed by atoms with Crippen LogP contribution < -0.4 is 0 Å². The average molecular weight is 169 g/mol. The van der Waals surface area contributed by atoms with Crippen LogP contribution in [-0.4, -0.2) is 30.7 Å². The largest absolute Gasteiger partial charge is 0.444 e. The van der Waals surface area contributed by atoms with Gasteiger partial charge < -0.3 is 9.64 Å². The predicted octanol–water partition coefficient (Wildman–Crippen LogP) is 1.63. The van der Waals surface area contributed by atoms with Crippen molar-refractivity contribution < 1.29 is 9.53 Å². The quantitative estimate of drug-likeness (QED) is 0.597. The number of nitrogens with zero attached hydrogens (tertiary/aromatic N) is 1. The second-order valence-electron chi connectivity index (χ2n) is 3.85. The molecule has 0 aromatic heterocycles. The lowest BCUT2D eigenvalue weighted by atomic mass is 10.0. The Kier molecular flexibility index (Phi) is 1.95. The van der Waals surface area contributed by atoms with Gasteiger partial charge in [-0.05, 0) is 18.8 Å². The highest BCUT2D eigenvalue weighted by molar-refractivity contribution is 5.69. The number of amides is 1. The summed E-state index contributed by atoms with van der Waals surface area (Å²) >= 11 is 0. The molecule has 3 heteroatoms. The molecule has 1 unspecified atom stereocenters. The summed E-state index contributed by atoms with van der Waals surface area (Å²) < 4.78 is 5.24. The number of likely N-dealkylation sites (N-methyl/N-ethyl adjacent to an activating group) is 1. The minimum Gasteiger partial charge on any atom is -0.444 e. The Labute approximate surface area is 72.7 Å². The predicted molar refractivity (Wildman–Crippen MR) is 44.9 cm³/mol. The summed E-state index contributed by atoms with van der Waals surface area (Å²) in [4.78, 5) is 12.7. The molecule has 1 amide bonds. The number of hydrogen-bond donors (Lipinski definition) is 0. The summed E-state index contributed by atoms with van der Waals surface area (Å²) in [6, 6.07) is 0. The van der Waals surface area contributed by atoms with E-state index >= 15 is 0 Å². The monoisotopic (exact) mass is 169 g/mol. The van der Waals surface area contributed by atoms with Gasteiger partial charge in [0.15, 0.2) is 0 Å². The van der Waals surface area contributed by atoms with Gasteiger partial charge in [-0.1, -0.05) is 12.8 Å². The van der Waals surface area contributed by atoms with E-state index in [2.05, 4.69) is 0 Å². The van der Waals surface area contributed by atoms with Gasteiger partial charge in [-0.15, -0.1) is 0 Å². The highest BCUT2D eigenvalue weighted by Gasteiger charge is 2.35. The average Bonchev–Trinajstić information content (AvgIpc) is 2.61. The van der Waals surface area contributed by atoms with E-state index in [0.717, 1.165) is 6.54 Å². The Bertz CT molecular complexity index is 187. The van der Waals surface area contributed by atoms with E-state index in [-0.39, 0.29) is 12.2 Å². The van der Waals surface area contributed by atoms with Gasteiger partial charge in [0.1, 0.15) is 6.10 Å². The number of rotatable bonds is 1. The third-order valence-corrected chi connectivity index (χ3v) is 2.94. The van der Waals surface area contributed by atoms with Crippen LogP contribution in [0.25, 0.3) is 0 Å². The smallest absolute Gasteiger partial charge is 0.409 e.